The molecule has 1 N–H and O–H groups in total. The van der Waals surface area contributed by atoms with Gasteiger partial charge >= 0.3 is 0 Å². The average molecular weight is 477 g/mol. The summed E-state index contributed by atoms with van der Waals surface area (Å²) >= 11 is 12.6. The highest BCUT2D eigenvalue weighted by molar-refractivity contribution is 6.31. The van der Waals surface area contributed by atoms with Crippen molar-refractivity contribution in [3.8, 4) is 16.9 Å². The van der Waals surface area contributed by atoms with Gasteiger partial charge in [-0.3, -0.25) is 9.59 Å². The van der Waals surface area contributed by atoms with E-state index >= 15 is 0 Å². The molecule has 1 amide bonds. The number of pyridine rings is 1. The molecule has 0 radical (unpaired) electrons. The third kappa shape index (κ3) is 4.58. The number of aryl methyl sites for hydroxylation is 3. The number of hydrogen-bond donors (Lipinski definition) is 1. The van der Waals surface area contributed by atoms with E-state index in [0.29, 0.717) is 32.7 Å². The number of carbonyl (C=O) groups excluding carboxylic acids is 1. The van der Waals surface area contributed by atoms with Crippen LogP contribution < -0.4 is 10.7 Å². The summed E-state index contributed by atoms with van der Waals surface area (Å²) in [6, 6.07) is 21.6. The minimum absolute atomic E-state index is 0.0329. The predicted molar refractivity (Wildman–Crippen MR) is 136 cm³/mol. The summed E-state index contributed by atoms with van der Waals surface area (Å²) in [5.41, 5.74) is 4.68. The number of nitrogens with one attached hydrogen (secondary N) is 1. The van der Waals surface area contributed by atoms with Gasteiger partial charge in [0.25, 0.3) is 5.91 Å². The van der Waals surface area contributed by atoms with Crippen LogP contribution in [0.2, 0.25) is 10.0 Å². The van der Waals surface area contributed by atoms with Crippen molar-refractivity contribution in [3.05, 3.63) is 115 Å². The Morgan fingerprint density at radius 1 is 0.818 bits per heavy atom. The second-order valence-corrected chi connectivity index (χ2v) is 8.79. The van der Waals surface area contributed by atoms with Gasteiger partial charge in [0, 0.05) is 38.7 Å². The maximum Gasteiger partial charge on any atom is 0.261 e. The van der Waals surface area contributed by atoms with Crippen LogP contribution in [0.1, 0.15) is 27.2 Å². The number of para-hydroxylation sites is 1. The Bertz CT molecular complexity index is 1420. The normalized spacial score (nSPS) is 10.8. The lowest BCUT2D eigenvalue weighted by atomic mass is 10.0. The van der Waals surface area contributed by atoms with Crippen LogP contribution in [0.5, 0.6) is 0 Å². The van der Waals surface area contributed by atoms with Crippen molar-refractivity contribution in [2.75, 3.05) is 5.32 Å². The first-order valence-corrected chi connectivity index (χ1v) is 11.2. The van der Waals surface area contributed by atoms with Crippen molar-refractivity contribution < 1.29 is 4.79 Å². The summed E-state index contributed by atoms with van der Waals surface area (Å²) < 4.78 is 1.86. The fraction of sp³-hybridized carbons (Fsp3) is 0.111. The Kier molecular flexibility index (Phi) is 6.41. The van der Waals surface area contributed by atoms with Crippen molar-refractivity contribution in [1.82, 2.24) is 4.57 Å². The van der Waals surface area contributed by atoms with Gasteiger partial charge in [-0.05, 0) is 62.2 Å². The van der Waals surface area contributed by atoms with Crippen molar-refractivity contribution >= 4 is 34.8 Å². The third-order valence-electron chi connectivity index (χ3n) is 5.51. The molecule has 6 heteroatoms. The fourth-order valence-corrected chi connectivity index (χ4v) is 4.37. The monoisotopic (exact) mass is 476 g/mol. The van der Waals surface area contributed by atoms with Crippen LogP contribution in [0.25, 0.3) is 16.9 Å². The van der Waals surface area contributed by atoms with Crippen LogP contribution in [0.4, 0.5) is 5.69 Å². The van der Waals surface area contributed by atoms with Gasteiger partial charge in [0.15, 0.2) is 5.43 Å². The summed E-state index contributed by atoms with van der Waals surface area (Å²) in [6.45, 7) is 5.66. The molecule has 0 aliphatic carbocycles. The number of amides is 1. The number of aromatic nitrogens is 1. The number of hydrogen-bond acceptors (Lipinski definition) is 2. The van der Waals surface area contributed by atoms with Gasteiger partial charge in [0.2, 0.25) is 0 Å². The average Bonchev–Trinajstić information content (AvgIpc) is 2.75. The number of benzene rings is 3. The molecular formula is C27H22Cl2N2O2. The first kappa shape index (κ1) is 22.8. The molecule has 0 unspecified atom stereocenters. The highest BCUT2D eigenvalue weighted by Crippen LogP contribution is 2.31. The first-order chi connectivity index (χ1) is 15.8. The van der Waals surface area contributed by atoms with E-state index in [9.17, 15) is 9.59 Å². The van der Waals surface area contributed by atoms with Crippen LogP contribution >= 0.6 is 23.2 Å². The Morgan fingerprint density at radius 3 is 2.06 bits per heavy atom. The van der Waals surface area contributed by atoms with E-state index < -0.39 is 5.91 Å². The minimum atomic E-state index is -0.483. The van der Waals surface area contributed by atoms with Gasteiger partial charge in [0.05, 0.1) is 5.69 Å². The molecule has 0 spiro atoms. The van der Waals surface area contributed by atoms with Crippen LogP contribution in [0.15, 0.2) is 77.6 Å². The summed E-state index contributed by atoms with van der Waals surface area (Å²) in [5.74, 6) is -0.483. The molecule has 0 bridgehead atoms. The van der Waals surface area contributed by atoms with Crippen molar-refractivity contribution in [3.63, 3.8) is 0 Å². The zero-order valence-electron chi connectivity index (χ0n) is 18.4. The maximum absolute atomic E-state index is 13.6. The maximum atomic E-state index is 13.6. The lowest BCUT2D eigenvalue weighted by Crippen LogP contribution is -2.26. The second kappa shape index (κ2) is 9.26. The number of anilines is 1. The van der Waals surface area contributed by atoms with E-state index in [1.54, 1.807) is 30.3 Å². The molecule has 4 nitrogen and oxygen atoms in total. The molecule has 166 valence electrons. The number of halogens is 2. The zero-order valence-corrected chi connectivity index (χ0v) is 20.0. The molecule has 0 aliphatic heterocycles. The Hall–Kier alpha value is -3.34. The molecule has 0 atom stereocenters. The molecule has 0 fully saturated rings. The van der Waals surface area contributed by atoms with E-state index in [4.69, 9.17) is 23.2 Å². The number of rotatable bonds is 4. The van der Waals surface area contributed by atoms with Gasteiger partial charge in [-0.25, -0.2) is 0 Å². The molecule has 0 saturated heterocycles. The smallest absolute Gasteiger partial charge is 0.261 e. The van der Waals surface area contributed by atoms with Gasteiger partial charge < -0.3 is 9.88 Å². The van der Waals surface area contributed by atoms with Crippen LogP contribution in [-0.2, 0) is 0 Å². The van der Waals surface area contributed by atoms with E-state index in [1.807, 2.05) is 61.7 Å². The summed E-state index contributed by atoms with van der Waals surface area (Å²) in [4.78, 5) is 26.8. The van der Waals surface area contributed by atoms with Gasteiger partial charge in [-0.15, -0.1) is 0 Å². The first-order valence-electron chi connectivity index (χ1n) is 10.4. The van der Waals surface area contributed by atoms with E-state index in [0.717, 1.165) is 16.8 Å². The predicted octanol–water partition coefficient (Wildman–Crippen LogP) is 6.99. The summed E-state index contributed by atoms with van der Waals surface area (Å²) in [6.07, 6.45) is 0. The van der Waals surface area contributed by atoms with Gasteiger partial charge in [-0.1, -0.05) is 59.6 Å². The van der Waals surface area contributed by atoms with E-state index in [-0.39, 0.29) is 11.0 Å². The Balaban J connectivity index is 2.02. The lowest BCUT2D eigenvalue weighted by molar-refractivity contribution is 0.102. The topological polar surface area (TPSA) is 51.1 Å². The number of nitrogens with zero attached hydrogens (tertiary/aromatic N) is 1. The molecule has 33 heavy (non-hydrogen) atoms. The highest BCUT2D eigenvalue weighted by Gasteiger charge is 2.23. The van der Waals surface area contributed by atoms with Crippen molar-refractivity contribution in [1.29, 1.82) is 0 Å². The zero-order chi connectivity index (χ0) is 23.7. The minimum Gasteiger partial charge on any atom is -0.321 e. The highest BCUT2D eigenvalue weighted by atomic mass is 35.5. The van der Waals surface area contributed by atoms with Gasteiger partial charge in [-0.2, -0.15) is 0 Å². The van der Waals surface area contributed by atoms with Crippen LogP contribution in [0.3, 0.4) is 0 Å². The molecule has 0 aliphatic rings. The second-order valence-electron chi connectivity index (χ2n) is 7.92. The van der Waals surface area contributed by atoms with Crippen molar-refractivity contribution in [2.45, 2.75) is 20.8 Å². The van der Waals surface area contributed by atoms with E-state index in [1.165, 1.54) is 6.07 Å². The number of carbonyl (C=O) groups is 1. The van der Waals surface area contributed by atoms with Gasteiger partial charge in [0.1, 0.15) is 5.56 Å². The largest absolute Gasteiger partial charge is 0.321 e. The third-order valence-corrected chi connectivity index (χ3v) is 5.98. The molecule has 3 aromatic carbocycles. The molecule has 1 aromatic heterocycles. The Morgan fingerprint density at radius 2 is 1.42 bits per heavy atom. The summed E-state index contributed by atoms with van der Waals surface area (Å²) in [5, 5.41) is 4.00. The fourth-order valence-electron chi connectivity index (χ4n) is 4.00. The molecule has 4 rings (SSSR count). The van der Waals surface area contributed by atoms with Crippen LogP contribution in [-0.4, -0.2) is 10.5 Å². The molecule has 4 aromatic rings. The quantitative estimate of drug-likeness (QED) is 0.345. The Labute approximate surface area is 202 Å². The van der Waals surface area contributed by atoms with E-state index in [2.05, 4.69) is 5.32 Å². The summed E-state index contributed by atoms with van der Waals surface area (Å²) in [7, 11) is 0. The standard InChI is InChI=1S/C27H22Cl2N2O2/c1-16-7-4-8-17(2)25(16)30-27(33)24-23(32)13-18(3)31(22-12-6-11-21(29)15-22)26(24)19-9-5-10-20(28)14-19/h4-15H,1-3H3,(H,30,33). The lowest BCUT2D eigenvalue weighted by Gasteiger charge is -2.21. The van der Waals surface area contributed by atoms with Crippen LogP contribution in [0, 0.1) is 20.8 Å². The molecular weight excluding hydrogens is 455 g/mol. The molecule has 1 heterocycles. The molecule has 0 saturated carbocycles. The van der Waals surface area contributed by atoms with Crippen molar-refractivity contribution in [2.24, 2.45) is 0 Å². The SMILES string of the molecule is Cc1cccc(C)c1NC(=O)c1c(-c2cccc(Cl)c2)n(-c2cccc(Cl)c2)c(C)cc1=O.